The molecular weight excluding hydrogens is 294 g/mol. The fourth-order valence-electron chi connectivity index (χ4n) is 1.47. The fourth-order valence-corrected chi connectivity index (χ4v) is 3.09. The summed E-state index contributed by atoms with van der Waals surface area (Å²) in [7, 11) is 0. The van der Waals surface area contributed by atoms with Gasteiger partial charge in [0.2, 0.25) is 5.91 Å². The van der Waals surface area contributed by atoms with Gasteiger partial charge in [-0.25, -0.2) is 0 Å². The number of carboxylic acids is 1. The average molecular weight is 313 g/mol. The number of carbonyl (C=O) groups excluding carboxylic acids is 1. The van der Waals surface area contributed by atoms with E-state index >= 15 is 0 Å². The highest BCUT2D eigenvalue weighted by atomic mass is 32.2. The summed E-state index contributed by atoms with van der Waals surface area (Å²) in [5, 5.41) is 11.2. The minimum atomic E-state index is -0.857. The average Bonchev–Trinajstić information content (AvgIpc) is 2.45. The number of aliphatic carboxylic acids is 1. The van der Waals surface area contributed by atoms with Crippen molar-refractivity contribution in [1.82, 2.24) is 5.32 Å². The second-order valence-electron chi connectivity index (χ2n) is 4.06. The molecule has 0 heterocycles. The number of thioether (sulfide) groups is 2. The van der Waals surface area contributed by atoms with Crippen molar-refractivity contribution in [3.63, 3.8) is 0 Å². The van der Waals surface area contributed by atoms with E-state index in [0.717, 1.165) is 5.75 Å². The molecule has 6 heteroatoms. The summed E-state index contributed by atoms with van der Waals surface area (Å²) < 4.78 is 0. The standard InChI is InChI=1S/C14H19NO3S2/c1-2-12(14(17)18)20-10-13(16)15-8-9-19-11-6-4-3-5-7-11/h3-7,12H,2,8-10H2,1H3,(H,15,16)(H,17,18). The van der Waals surface area contributed by atoms with Crippen LogP contribution in [-0.2, 0) is 9.59 Å². The van der Waals surface area contributed by atoms with Gasteiger partial charge in [-0.05, 0) is 18.6 Å². The SMILES string of the molecule is CCC(SCC(=O)NCCSc1ccccc1)C(=O)O. The molecule has 2 N–H and O–H groups in total. The number of hydrogen-bond acceptors (Lipinski definition) is 4. The Morgan fingerprint density at radius 1 is 1.30 bits per heavy atom. The van der Waals surface area contributed by atoms with Gasteiger partial charge < -0.3 is 10.4 Å². The monoisotopic (exact) mass is 313 g/mol. The number of carbonyl (C=O) groups is 2. The lowest BCUT2D eigenvalue weighted by molar-refractivity contribution is -0.136. The zero-order valence-electron chi connectivity index (χ0n) is 11.4. The van der Waals surface area contributed by atoms with Crippen LogP contribution in [0.15, 0.2) is 35.2 Å². The first kappa shape index (κ1) is 16.9. The lowest BCUT2D eigenvalue weighted by atomic mass is 10.3. The summed E-state index contributed by atoms with van der Waals surface area (Å²) in [5.41, 5.74) is 0. The maximum atomic E-state index is 11.6. The van der Waals surface area contributed by atoms with Crippen molar-refractivity contribution in [1.29, 1.82) is 0 Å². The molecule has 20 heavy (non-hydrogen) atoms. The number of carboxylic acid groups (broad SMARTS) is 1. The summed E-state index contributed by atoms with van der Waals surface area (Å²) in [6, 6.07) is 9.99. The lowest BCUT2D eigenvalue weighted by Gasteiger charge is -2.09. The zero-order chi connectivity index (χ0) is 14.8. The van der Waals surface area contributed by atoms with Crippen LogP contribution in [0.4, 0.5) is 0 Å². The van der Waals surface area contributed by atoms with Crippen molar-refractivity contribution in [2.24, 2.45) is 0 Å². The molecule has 1 unspecified atom stereocenters. The summed E-state index contributed by atoms with van der Waals surface area (Å²) >= 11 is 2.85. The Morgan fingerprint density at radius 2 is 2.00 bits per heavy atom. The van der Waals surface area contributed by atoms with Crippen LogP contribution < -0.4 is 5.32 Å². The largest absolute Gasteiger partial charge is 0.480 e. The van der Waals surface area contributed by atoms with Gasteiger partial charge in [0.25, 0.3) is 0 Å². The number of amides is 1. The smallest absolute Gasteiger partial charge is 0.316 e. The summed E-state index contributed by atoms with van der Waals surface area (Å²) in [4.78, 5) is 23.5. The molecule has 0 bridgehead atoms. The van der Waals surface area contributed by atoms with E-state index in [9.17, 15) is 9.59 Å². The van der Waals surface area contributed by atoms with E-state index in [1.165, 1.54) is 16.7 Å². The lowest BCUT2D eigenvalue weighted by Crippen LogP contribution is -2.29. The second-order valence-corrected chi connectivity index (χ2v) is 6.42. The summed E-state index contributed by atoms with van der Waals surface area (Å²) in [6.07, 6.45) is 0.525. The number of nitrogens with one attached hydrogen (secondary N) is 1. The fraction of sp³-hybridized carbons (Fsp3) is 0.429. The van der Waals surface area contributed by atoms with Crippen LogP contribution in [0.5, 0.6) is 0 Å². The van der Waals surface area contributed by atoms with E-state index in [-0.39, 0.29) is 11.7 Å². The Morgan fingerprint density at radius 3 is 2.60 bits per heavy atom. The zero-order valence-corrected chi connectivity index (χ0v) is 13.0. The minimum Gasteiger partial charge on any atom is -0.480 e. The van der Waals surface area contributed by atoms with Gasteiger partial charge in [-0.2, -0.15) is 0 Å². The molecule has 0 aliphatic heterocycles. The Kier molecular flexibility index (Phi) is 8.22. The predicted molar refractivity (Wildman–Crippen MR) is 84.3 cm³/mol. The van der Waals surface area contributed by atoms with Crippen LogP contribution >= 0.6 is 23.5 Å². The molecule has 0 aliphatic carbocycles. The van der Waals surface area contributed by atoms with E-state index in [1.54, 1.807) is 18.7 Å². The van der Waals surface area contributed by atoms with Crippen molar-refractivity contribution >= 4 is 35.4 Å². The van der Waals surface area contributed by atoms with Gasteiger partial charge in [0.05, 0.1) is 5.75 Å². The van der Waals surface area contributed by atoms with Crippen LogP contribution in [0.1, 0.15) is 13.3 Å². The molecule has 0 aliphatic rings. The van der Waals surface area contributed by atoms with Crippen molar-refractivity contribution in [2.75, 3.05) is 18.1 Å². The van der Waals surface area contributed by atoms with Crippen molar-refractivity contribution < 1.29 is 14.7 Å². The van der Waals surface area contributed by atoms with Gasteiger partial charge in [-0.3, -0.25) is 9.59 Å². The maximum Gasteiger partial charge on any atom is 0.316 e. The molecule has 0 spiro atoms. The minimum absolute atomic E-state index is 0.108. The van der Waals surface area contributed by atoms with Crippen LogP contribution in [0.25, 0.3) is 0 Å². The first-order valence-electron chi connectivity index (χ1n) is 6.42. The van der Waals surface area contributed by atoms with Gasteiger partial charge in [0, 0.05) is 17.2 Å². The Labute approximate surface area is 127 Å². The third-order valence-corrected chi connectivity index (χ3v) is 4.88. The molecule has 0 saturated carbocycles. The Bertz CT molecular complexity index is 426. The topological polar surface area (TPSA) is 66.4 Å². The third-order valence-electron chi connectivity index (χ3n) is 2.50. The van der Waals surface area contributed by atoms with Crippen LogP contribution in [0.2, 0.25) is 0 Å². The number of benzene rings is 1. The van der Waals surface area contributed by atoms with Crippen LogP contribution in [0.3, 0.4) is 0 Å². The van der Waals surface area contributed by atoms with Crippen molar-refractivity contribution in [3.05, 3.63) is 30.3 Å². The molecule has 1 aromatic rings. The normalized spacial score (nSPS) is 11.8. The predicted octanol–water partition coefficient (Wildman–Crippen LogP) is 2.49. The number of hydrogen-bond donors (Lipinski definition) is 2. The van der Waals surface area contributed by atoms with E-state index in [1.807, 2.05) is 30.3 Å². The highest BCUT2D eigenvalue weighted by molar-refractivity contribution is 8.01. The highest BCUT2D eigenvalue weighted by Crippen LogP contribution is 2.16. The Balaban J connectivity index is 2.13. The molecule has 4 nitrogen and oxygen atoms in total. The second kappa shape index (κ2) is 9.72. The Hall–Kier alpha value is -1.14. The van der Waals surface area contributed by atoms with Gasteiger partial charge >= 0.3 is 5.97 Å². The first-order chi connectivity index (χ1) is 9.63. The molecule has 0 aromatic heterocycles. The van der Waals surface area contributed by atoms with E-state index < -0.39 is 11.2 Å². The molecule has 110 valence electrons. The van der Waals surface area contributed by atoms with Crippen LogP contribution in [0, 0.1) is 0 Å². The van der Waals surface area contributed by atoms with Gasteiger partial charge in [0.1, 0.15) is 5.25 Å². The maximum absolute atomic E-state index is 11.6. The van der Waals surface area contributed by atoms with Gasteiger partial charge in [-0.1, -0.05) is 25.1 Å². The van der Waals surface area contributed by atoms with E-state index in [0.29, 0.717) is 13.0 Å². The number of rotatable bonds is 9. The molecule has 1 aromatic carbocycles. The molecular formula is C14H19NO3S2. The molecule has 0 fully saturated rings. The molecule has 1 amide bonds. The highest BCUT2D eigenvalue weighted by Gasteiger charge is 2.16. The van der Waals surface area contributed by atoms with Gasteiger partial charge in [0.15, 0.2) is 0 Å². The van der Waals surface area contributed by atoms with Crippen molar-refractivity contribution in [3.8, 4) is 0 Å². The van der Waals surface area contributed by atoms with Crippen LogP contribution in [-0.4, -0.2) is 40.3 Å². The molecule has 0 radical (unpaired) electrons. The molecule has 0 saturated heterocycles. The quantitative estimate of drug-likeness (QED) is 0.541. The van der Waals surface area contributed by atoms with E-state index in [4.69, 9.17) is 5.11 Å². The first-order valence-corrected chi connectivity index (χ1v) is 8.46. The van der Waals surface area contributed by atoms with Crippen molar-refractivity contribution in [2.45, 2.75) is 23.5 Å². The summed E-state index contributed by atoms with van der Waals surface area (Å²) in [5.74, 6) is 0.0328. The molecule has 1 atom stereocenters. The van der Waals surface area contributed by atoms with E-state index in [2.05, 4.69) is 5.32 Å². The van der Waals surface area contributed by atoms with Gasteiger partial charge in [-0.15, -0.1) is 23.5 Å². The summed E-state index contributed by atoms with van der Waals surface area (Å²) in [6.45, 7) is 2.39. The third kappa shape index (κ3) is 6.86. The molecule has 1 rings (SSSR count).